The summed E-state index contributed by atoms with van der Waals surface area (Å²) in [7, 11) is 0. The van der Waals surface area contributed by atoms with Crippen LogP contribution in [0.25, 0.3) is 0 Å². The number of thioether (sulfide) groups is 1. The minimum Gasteiger partial charge on any atom is -0.444 e. The summed E-state index contributed by atoms with van der Waals surface area (Å²) in [6.07, 6.45) is 0.542. The first-order valence-corrected chi connectivity index (χ1v) is 8.77. The van der Waals surface area contributed by atoms with E-state index in [9.17, 15) is 9.59 Å². The SMILES string of the molecule is CC(C)(C)OC(=O)NCCCC(=O)NCCSc1ccccc1. The van der Waals surface area contributed by atoms with Gasteiger partial charge in [-0.15, -0.1) is 11.8 Å². The third kappa shape index (κ3) is 10.6. The second-order valence-electron chi connectivity index (χ2n) is 6.04. The third-order valence-electron chi connectivity index (χ3n) is 2.69. The van der Waals surface area contributed by atoms with E-state index in [1.165, 1.54) is 4.90 Å². The fraction of sp³-hybridized carbons (Fsp3) is 0.529. The largest absolute Gasteiger partial charge is 0.444 e. The van der Waals surface area contributed by atoms with E-state index in [-0.39, 0.29) is 5.91 Å². The number of rotatable bonds is 8. The number of benzene rings is 1. The van der Waals surface area contributed by atoms with Crippen LogP contribution in [0, 0.1) is 0 Å². The highest BCUT2D eigenvalue weighted by Gasteiger charge is 2.15. The summed E-state index contributed by atoms with van der Waals surface area (Å²) in [6.45, 7) is 6.51. The van der Waals surface area contributed by atoms with E-state index < -0.39 is 11.7 Å². The molecule has 0 aliphatic carbocycles. The van der Waals surface area contributed by atoms with Crippen LogP contribution < -0.4 is 10.6 Å². The molecular weight excluding hydrogens is 312 g/mol. The van der Waals surface area contributed by atoms with Crippen molar-refractivity contribution in [1.82, 2.24) is 10.6 Å². The van der Waals surface area contributed by atoms with Crippen LogP contribution >= 0.6 is 11.8 Å². The van der Waals surface area contributed by atoms with Crippen molar-refractivity contribution in [2.75, 3.05) is 18.8 Å². The van der Waals surface area contributed by atoms with Crippen LogP contribution in [-0.4, -0.2) is 36.4 Å². The molecule has 0 aliphatic heterocycles. The Hall–Kier alpha value is -1.69. The minimum absolute atomic E-state index is 0.00431. The van der Waals surface area contributed by atoms with Gasteiger partial charge >= 0.3 is 6.09 Å². The predicted octanol–water partition coefficient (Wildman–Crippen LogP) is 3.20. The molecule has 0 heterocycles. The minimum atomic E-state index is -0.502. The number of hydrogen-bond acceptors (Lipinski definition) is 4. The van der Waals surface area contributed by atoms with E-state index in [0.29, 0.717) is 25.9 Å². The van der Waals surface area contributed by atoms with Crippen molar-refractivity contribution in [3.05, 3.63) is 30.3 Å². The zero-order chi connectivity index (χ0) is 17.1. The van der Waals surface area contributed by atoms with E-state index >= 15 is 0 Å². The molecule has 1 aromatic rings. The van der Waals surface area contributed by atoms with Crippen LogP contribution in [0.3, 0.4) is 0 Å². The summed E-state index contributed by atoms with van der Waals surface area (Å²) in [5.41, 5.74) is -0.502. The second kappa shape index (κ2) is 10.2. The molecule has 2 amide bonds. The molecule has 0 spiro atoms. The molecule has 1 rings (SSSR count). The van der Waals surface area contributed by atoms with Crippen molar-refractivity contribution in [3.63, 3.8) is 0 Å². The molecule has 1 aromatic carbocycles. The number of ether oxygens (including phenoxy) is 1. The Bertz CT molecular complexity index is 486. The van der Waals surface area contributed by atoms with Crippen LogP contribution in [-0.2, 0) is 9.53 Å². The van der Waals surface area contributed by atoms with Crippen LogP contribution in [0.2, 0.25) is 0 Å². The van der Waals surface area contributed by atoms with Gasteiger partial charge in [0.15, 0.2) is 0 Å². The van der Waals surface area contributed by atoms with Gasteiger partial charge < -0.3 is 15.4 Å². The molecule has 0 fully saturated rings. The zero-order valence-electron chi connectivity index (χ0n) is 14.1. The highest BCUT2D eigenvalue weighted by atomic mass is 32.2. The predicted molar refractivity (Wildman–Crippen MR) is 93.6 cm³/mol. The van der Waals surface area contributed by atoms with Crippen LogP contribution in [0.5, 0.6) is 0 Å². The number of alkyl carbamates (subject to hydrolysis) is 1. The summed E-state index contributed by atoms with van der Waals surface area (Å²) in [4.78, 5) is 24.3. The van der Waals surface area contributed by atoms with Gasteiger partial charge in [0.1, 0.15) is 5.60 Å². The van der Waals surface area contributed by atoms with Gasteiger partial charge in [-0.05, 0) is 39.3 Å². The Labute approximate surface area is 142 Å². The smallest absolute Gasteiger partial charge is 0.407 e. The van der Waals surface area contributed by atoms with Crippen molar-refractivity contribution in [2.45, 2.75) is 44.1 Å². The van der Waals surface area contributed by atoms with E-state index in [2.05, 4.69) is 22.8 Å². The van der Waals surface area contributed by atoms with E-state index in [1.807, 2.05) is 39.0 Å². The Morgan fingerprint density at radius 2 is 1.78 bits per heavy atom. The third-order valence-corrected chi connectivity index (χ3v) is 3.70. The van der Waals surface area contributed by atoms with Gasteiger partial charge in [-0.3, -0.25) is 4.79 Å². The number of amides is 2. The van der Waals surface area contributed by atoms with Crippen molar-refractivity contribution in [1.29, 1.82) is 0 Å². The quantitative estimate of drug-likeness (QED) is 0.564. The van der Waals surface area contributed by atoms with Gasteiger partial charge in [-0.2, -0.15) is 0 Å². The summed E-state index contributed by atoms with van der Waals surface area (Å²) in [5, 5.41) is 5.51. The first-order valence-electron chi connectivity index (χ1n) is 7.78. The van der Waals surface area contributed by atoms with E-state index in [1.54, 1.807) is 11.8 Å². The van der Waals surface area contributed by atoms with Gasteiger partial charge in [0.05, 0.1) is 0 Å². The highest BCUT2D eigenvalue weighted by molar-refractivity contribution is 7.99. The van der Waals surface area contributed by atoms with Gasteiger partial charge in [-0.25, -0.2) is 4.79 Å². The summed E-state index contributed by atoms with van der Waals surface area (Å²) in [6, 6.07) is 10.1. The van der Waals surface area contributed by atoms with Gasteiger partial charge in [0.25, 0.3) is 0 Å². The van der Waals surface area contributed by atoms with Crippen LogP contribution in [0.4, 0.5) is 4.79 Å². The van der Waals surface area contributed by atoms with Crippen molar-refractivity contribution < 1.29 is 14.3 Å². The Morgan fingerprint density at radius 3 is 2.43 bits per heavy atom. The summed E-state index contributed by atoms with van der Waals surface area (Å²) >= 11 is 1.71. The molecule has 0 bridgehead atoms. The molecule has 0 radical (unpaired) electrons. The molecule has 0 aliphatic rings. The number of carbonyl (C=O) groups is 2. The first-order chi connectivity index (χ1) is 10.9. The number of hydrogen-bond donors (Lipinski definition) is 2. The lowest BCUT2D eigenvalue weighted by atomic mass is 10.2. The molecule has 0 aromatic heterocycles. The molecule has 0 saturated carbocycles. The lowest BCUT2D eigenvalue weighted by Crippen LogP contribution is -2.33. The maximum atomic E-state index is 11.7. The Balaban J connectivity index is 2.01. The number of carbonyl (C=O) groups excluding carboxylic acids is 2. The highest BCUT2D eigenvalue weighted by Crippen LogP contribution is 2.15. The Kier molecular flexibility index (Phi) is 8.55. The fourth-order valence-electron chi connectivity index (χ4n) is 1.72. The lowest BCUT2D eigenvalue weighted by Gasteiger charge is -2.19. The van der Waals surface area contributed by atoms with Crippen LogP contribution in [0.15, 0.2) is 35.2 Å². The standard InChI is InChI=1S/C17H26N2O3S/c1-17(2,3)22-16(21)19-11-7-10-15(20)18-12-13-23-14-8-5-4-6-9-14/h4-6,8-9H,7,10-13H2,1-3H3,(H,18,20)(H,19,21). The van der Waals surface area contributed by atoms with Crippen molar-refractivity contribution in [2.24, 2.45) is 0 Å². The molecule has 0 unspecified atom stereocenters. The Morgan fingerprint density at radius 1 is 1.09 bits per heavy atom. The molecule has 6 heteroatoms. The average molecular weight is 338 g/mol. The maximum Gasteiger partial charge on any atom is 0.407 e. The van der Waals surface area contributed by atoms with Gasteiger partial charge in [0, 0.05) is 30.2 Å². The average Bonchev–Trinajstić information content (AvgIpc) is 2.47. The molecule has 0 saturated heterocycles. The molecule has 0 atom stereocenters. The molecule has 2 N–H and O–H groups in total. The van der Waals surface area contributed by atoms with Gasteiger partial charge in [0.2, 0.25) is 5.91 Å². The monoisotopic (exact) mass is 338 g/mol. The second-order valence-corrected chi connectivity index (χ2v) is 7.21. The van der Waals surface area contributed by atoms with E-state index in [0.717, 1.165) is 5.75 Å². The first kappa shape index (κ1) is 19.4. The molecule has 5 nitrogen and oxygen atoms in total. The summed E-state index contributed by atoms with van der Waals surface area (Å²) in [5.74, 6) is 0.844. The normalized spacial score (nSPS) is 10.9. The van der Waals surface area contributed by atoms with Crippen LogP contribution in [0.1, 0.15) is 33.6 Å². The van der Waals surface area contributed by atoms with Gasteiger partial charge in [-0.1, -0.05) is 18.2 Å². The molecule has 23 heavy (non-hydrogen) atoms. The van der Waals surface area contributed by atoms with Crippen molar-refractivity contribution in [3.8, 4) is 0 Å². The summed E-state index contributed by atoms with van der Waals surface area (Å²) < 4.78 is 5.11. The van der Waals surface area contributed by atoms with Crippen molar-refractivity contribution >= 4 is 23.8 Å². The molecular formula is C17H26N2O3S. The van der Waals surface area contributed by atoms with E-state index in [4.69, 9.17) is 4.74 Å². The molecule has 128 valence electrons. The topological polar surface area (TPSA) is 67.4 Å². The number of nitrogens with one attached hydrogen (secondary N) is 2. The lowest BCUT2D eigenvalue weighted by molar-refractivity contribution is -0.121. The zero-order valence-corrected chi connectivity index (χ0v) is 14.9. The fourth-order valence-corrected chi connectivity index (χ4v) is 2.51. The maximum absolute atomic E-state index is 11.7.